The molecular weight excluding hydrogens is 264 g/mol. The molecule has 1 aromatic heterocycles. The molecule has 1 heterocycles. The topological polar surface area (TPSA) is 47.3 Å². The lowest BCUT2D eigenvalue weighted by Gasteiger charge is -2.11. The number of aliphatic hydroxyl groups excluding tert-OH is 1. The van der Waals surface area contributed by atoms with Crippen LogP contribution in [0.2, 0.25) is 5.02 Å². The van der Waals surface area contributed by atoms with Gasteiger partial charge in [0.05, 0.1) is 17.7 Å². The second-order valence-electron chi connectivity index (χ2n) is 4.38. The molecule has 0 fully saturated rings. The van der Waals surface area contributed by atoms with E-state index in [1.807, 2.05) is 23.8 Å². The van der Waals surface area contributed by atoms with Crippen LogP contribution in [0, 0.1) is 6.92 Å². The zero-order valence-corrected chi connectivity index (χ0v) is 11.8. The molecule has 1 aromatic carbocycles. The van der Waals surface area contributed by atoms with Gasteiger partial charge in [0, 0.05) is 12.4 Å². The highest BCUT2D eigenvalue weighted by atomic mass is 35.5. The molecule has 0 bridgehead atoms. The highest BCUT2D eigenvalue weighted by Crippen LogP contribution is 2.27. The molecule has 0 aliphatic heterocycles. The molecule has 1 N–H and O–H groups in total. The minimum Gasteiger partial charge on any atom is -0.490 e. The van der Waals surface area contributed by atoms with Gasteiger partial charge in [-0.2, -0.15) is 0 Å². The molecule has 2 rings (SSSR count). The number of hydrogen-bond acceptors (Lipinski definition) is 3. The molecule has 5 heteroatoms. The van der Waals surface area contributed by atoms with E-state index in [4.69, 9.17) is 16.3 Å². The standard InChI is InChI=1S/C14H17ClN2O2/c1-10(18)12-3-4-14(13(15)9-12)19-8-7-17-6-5-16-11(17)2/h3-6,9-10,18H,7-8H2,1-2H3/t10-/m0/s1. The summed E-state index contributed by atoms with van der Waals surface area (Å²) in [4.78, 5) is 4.14. The van der Waals surface area contributed by atoms with Crippen LogP contribution >= 0.6 is 11.6 Å². The predicted octanol–water partition coefficient (Wildman–Crippen LogP) is 2.98. The SMILES string of the molecule is Cc1nccn1CCOc1ccc([C@H](C)O)cc1Cl. The maximum Gasteiger partial charge on any atom is 0.138 e. The molecule has 0 aliphatic carbocycles. The number of rotatable bonds is 5. The fourth-order valence-electron chi connectivity index (χ4n) is 1.79. The maximum atomic E-state index is 9.46. The first-order valence-corrected chi connectivity index (χ1v) is 6.54. The van der Waals surface area contributed by atoms with Crippen LogP contribution in [-0.2, 0) is 6.54 Å². The molecule has 19 heavy (non-hydrogen) atoms. The summed E-state index contributed by atoms with van der Waals surface area (Å²) in [5.74, 6) is 1.59. The number of aliphatic hydroxyl groups is 1. The Hall–Kier alpha value is -1.52. The van der Waals surface area contributed by atoms with Gasteiger partial charge in [-0.3, -0.25) is 0 Å². The highest BCUT2D eigenvalue weighted by Gasteiger charge is 2.06. The first kappa shape index (κ1) is 13.9. The number of aromatic nitrogens is 2. The van der Waals surface area contributed by atoms with Gasteiger partial charge < -0.3 is 14.4 Å². The van der Waals surface area contributed by atoms with Gasteiger partial charge in [0.15, 0.2) is 0 Å². The Morgan fingerprint density at radius 1 is 1.47 bits per heavy atom. The van der Waals surface area contributed by atoms with Crippen molar-refractivity contribution in [3.05, 3.63) is 47.0 Å². The molecular formula is C14H17ClN2O2. The van der Waals surface area contributed by atoms with Gasteiger partial charge >= 0.3 is 0 Å². The molecule has 0 saturated carbocycles. The molecule has 0 radical (unpaired) electrons. The van der Waals surface area contributed by atoms with Crippen molar-refractivity contribution in [1.29, 1.82) is 0 Å². The van der Waals surface area contributed by atoms with Crippen molar-refractivity contribution in [1.82, 2.24) is 9.55 Å². The fraction of sp³-hybridized carbons (Fsp3) is 0.357. The van der Waals surface area contributed by atoms with E-state index in [1.54, 1.807) is 25.3 Å². The number of benzene rings is 1. The second-order valence-corrected chi connectivity index (χ2v) is 4.79. The quantitative estimate of drug-likeness (QED) is 0.916. The van der Waals surface area contributed by atoms with Crippen molar-refractivity contribution in [2.75, 3.05) is 6.61 Å². The van der Waals surface area contributed by atoms with Gasteiger partial charge in [0.1, 0.15) is 18.2 Å². The Morgan fingerprint density at radius 2 is 2.26 bits per heavy atom. The van der Waals surface area contributed by atoms with E-state index in [1.165, 1.54) is 0 Å². The summed E-state index contributed by atoms with van der Waals surface area (Å²) < 4.78 is 7.65. The normalized spacial score (nSPS) is 12.4. The van der Waals surface area contributed by atoms with E-state index in [2.05, 4.69) is 4.98 Å². The van der Waals surface area contributed by atoms with Crippen LogP contribution in [0.15, 0.2) is 30.6 Å². The van der Waals surface area contributed by atoms with Crippen molar-refractivity contribution in [2.45, 2.75) is 26.5 Å². The third kappa shape index (κ3) is 3.49. The lowest BCUT2D eigenvalue weighted by atomic mass is 10.1. The number of halogens is 1. The Morgan fingerprint density at radius 3 is 2.84 bits per heavy atom. The van der Waals surface area contributed by atoms with E-state index < -0.39 is 6.10 Å². The second kappa shape index (κ2) is 6.08. The Kier molecular flexibility index (Phi) is 4.45. The van der Waals surface area contributed by atoms with Crippen molar-refractivity contribution < 1.29 is 9.84 Å². The molecule has 0 unspecified atom stereocenters. The minimum absolute atomic E-state index is 0.515. The van der Waals surface area contributed by atoms with Gasteiger partial charge in [-0.1, -0.05) is 17.7 Å². The average molecular weight is 281 g/mol. The fourth-order valence-corrected chi connectivity index (χ4v) is 2.03. The van der Waals surface area contributed by atoms with Crippen LogP contribution in [0.3, 0.4) is 0 Å². The molecule has 0 saturated heterocycles. The zero-order chi connectivity index (χ0) is 13.8. The van der Waals surface area contributed by atoms with Crippen LogP contribution in [0.25, 0.3) is 0 Å². The first-order chi connectivity index (χ1) is 9.08. The molecule has 102 valence electrons. The lowest BCUT2D eigenvalue weighted by Crippen LogP contribution is -2.09. The van der Waals surface area contributed by atoms with Crippen LogP contribution in [0.1, 0.15) is 24.4 Å². The third-order valence-corrected chi connectivity index (χ3v) is 3.25. The molecule has 0 spiro atoms. The van der Waals surface area contributed by atoms with E-state index in [0.717, 1.165) is 17.9 Å². The highest BCUT2D eigenvalue weighted by molar-refractivity contribution is 6.32. The van der Waals surface area contributed by atoms with Crippen LogP contribution < -0.4 is 4.74 Å². The van der Waals surface area contributed by atoms with Gasteiger partial charge in [-0.05, 0) is 31.5 Å². The van der Waals surface area contributed by atoms with Gasteiger partial charge in [0.2, 0.25) is 0 Å². The van der Waals surface area contributed by atoms with Crippen LogP contribution in [0.5, 0.6) is 5.75 Å². The predicted molar refractivity (Wildman–Crippen MR) is 74.5 cm³/mol. The first-order valence-electron chi connectivity index (χ1n) is 6.16. The average Bonchev–Trinajstić information content (AvgIpc) is 2.77. The van der Waals surface area contributed by atoms with Crippen LogP contribution in [0.4, 0.5) is 0 Å². The maximum absolute atomic E-state index is 9.46. The molecule has 2 aromatic rings. The molecule has 4 nitrogen and oxygen atoms in total. The van der Waals surface area contributed by atoms with E-state index in [9.17, 15) is 5.11 Å². The number of ether oxygens (including phenoxy) is 1. The van der Waals surface area contributed by atoms with Gasteiger partial charge in [0.25, 0.3) is 0 Å². The number of aryl methyl sites for hydroxylation is 1. The van der Waals surface area contributed by atoms with Crippen molar-refractivity contribution in [3.63, 3.8) is 0 Å². The summed E-state index contributed by atoms with van der Waals surface area (Å²) >= 11 is 6.11. The number of nitrogens with zero attached hydrogens (tertiary/aromatic N) is 2. The summed E-state index contributed by atoms with van der Waals surface area (Å²) in [5, 5.41) is 9.98. The van der Waals surface area contributed by atoms with Crippen molar-refractivity contribution in [2.24, 2.45) is 0 Å². The van der Waals surface area contributed by atoms with E-state index >= 15 is 0 Å². The summed E-state index contributed by atoms with van der Waals surface area (Å²) in [6.07, 6.45) is 3.15. The monoisotopic (exact) mass is 280 g/mol. The molecule has 0 aliphatic rings. The smallest absolute Gasteiger partial charge is 0.138 e. The van der Waals surface area contributed by atoms with Gasteiger partial charge in [-0.15, -0.1) is 0 Å². The molecule has 0 amide bonds. The van der Waals surface area contributed by atoms with E-state index in [0.29, 0.717) is 17.4 Å². The summed E-state index contributed by atoms with van der Waals surface area (Å²) in [6, 6.07) is 5.32. The third-order valence-electron chi connectivity index (χ3n) is 2.95. The Labute approximate surface area is 117 Å². The zero-order valence-electron chi connectivity index (χ0n) is 11.0. The number of imidazole rings is 1. The Bertz CT molecular complexity index is 552. The summed E-state index contributed by atoms with van der Waals surface area (Å²) in [6.45, 7) is 4.89. The van der Waals surface area contributed by atoms with Crippen molar-refractivity contribution >= 4 is 11.6 Å². The summed E-state index contributed by atoms with van der Waals surface area (Å²) in [5.41, 5.74) is 0.780. The lowest BCUT2D eigenvalue weighted by molar-refractivity contribution is 0.199. The molecule has 1 atom stereocenters. The Balaban J connectivity index is 1.95. The van der Waals surface area contributed by atoms with Crippen molar-refractivity contribution in [3.8, 4) is 5.75 Å². The minimum atomic E-state index is -0.528. The summed E-state index contributed by atoms with van der Waals surface area (Å²) in [7, 11) is 0. The van der Waals surface area contributed by atoms with E-state index in [-0.39, 0.29) is 0 Å². The van der Waals surface area contributed by atoms with Crippen LogP contribution in [-0.4, -0.2) is 21.3 Å². The largest absolute Gasteiger partial charge is 0.490 e. The number of hydrogen-bond donors (Lipinski definition) is 1. The van der Waals surface area contributed by atoms with Gasteiger partial charge in [-0.25, -0.2) is 4.98 Å².